The van der Waals surface area contributed by atoms with E-state index in [4.69, 9.17) is 16.3 Å². The summed E-state index contributed by atoms with van der Waals surface area (Å²) in [5, 5.41) is 0.440. The van der Waals surface area contributed by atoms with Crippen molar-refractivity contribution in [2.45, 2.75) is 4.90 Å². The molecular weight excluding hydrogens is 400 g/mol. The lowest BCUT2D eigenvalue weighted by Gasteiger charge is -2.32. The maximum absolute atomic E-state index is 13.0. The Morgan fingerprint density at radius 3 is 2.29 bits per heavy atom. The monoisotopic (exact) mass is 416 g/mol. The van der Waals surface area contributed by atoms with Crippen LogP contribution in [0.1, 0.15) is 15.9 Å². The smallest absolute Gasteiger partial charge is 0.282 e. The van der Waals surface area contributed by atoms with Crippen LogP contribution < -0.4 is 0 Å². The number of Topliss-reactive ketones (excluding diaryl/α,β-unsaturated/α-hetero) is 1. The minimum atomic E-state index is -3.96. The van der Waals surface area contributed by atoms with Crippen molar-refractivity contribution in [3.63, 3.8) is 0 Å². The maximum atomic E-state index is 13.0. The molecule has 0 aromatic heterocycles. The molecule has 1 heterocycles. The third-order valence-electron chi connectivity index (χ3n) is 4.64. The van der Waals surface area contributed by atoms with Crippen LogP contribution in [0, 0.1) is 0 Å². The Labute approximate surface area is 168 Å². The molecule has 0 radical (unpaired) electrons. The highest BCUT2D eigenvalue weighted by atomic mass is 35.5. The van der Waals surface area contributed by atoms with E-state index in [1.165, 1.54) is 24.3 Å². The van der Waals surface area contributed by atoms with Gasteiger partial charge in [0.2, 0.25) is 5.78 Å². The molecule has 28 heavy (non-hydrogen) atoms. The quantitative estimate of drug-likeness (QED) is 0.768. The van der Waals surface area contributed by atoms with Crippen LogP contribution in [-0.2, 0) is 14.8 Å². The maximum Gasteiger partial charge on any atom is 0.282 e. The Bertz CT molecular complexity index is 1090. The van der Waals surface area contributed by atoms with Gasteiger partial charge in [-0.1, -0.05) is 35.9 Å². The first-order chi connectivity index (χ1) is 13.5. The number of rotatable bonds is 3. The summed E-state index contributed by atoms with van der Waals surface area (Å²) in [5.74, 6) is -0.139. The summed E-state index contributed by atoms with van der Waals surface area (Å²) in [5.41, 5.74) is 1.62. The average Bonchev–Trinajstić information content (AvgIpc) is 2.71. The average molecular weight is 417 g/mol. The van der Waals surface area contributed by atoms with Crippen LogP contribution in [0.15, 0.2) is 69.6 Å². The third-order valence-corrected chi connectivity index (χ3v) is 6.19. The number of nitrogens with zero attached hydrogens (tertiary/aromatic N) is 2. The van der Waals surface area contributed by atoms with E-state index in [2.05, 4.69) is 4.40 Å². The lowest BCUT2D eigenvalue weighted by atomic mass is 9.91. The summed E-state index contributed by atoms with van der Waals surface area (Å²) in [6.45, 7) is 2.16. The van der Waals surface area contributed by atoms with Crippen molar-refractivity contribution >= 4 is 33.1 Å². The van der Waals surface area contributed by atoms with Crippen molar-refractivity contribution in [3.8, 4) is 0 Å². The zero-order valence-corrected chi connectivity index (χ0v) is 16.4. The molecule has 0 N–H and O–H groups in total. The van der Waals surface area contributed by atoms with E-state index < -0.39 is 10.0 Å². The fourth-order valence-corrected chi connectivity index (χ4v) is 4.34. The molecule has 2 aliphatic rings. The molecule has 2 aromatic rings. The number of ether oxygens (including phenoxy) is 1. The second kappa shape index (κ2) is 7.50. The molecule has 4 rings (SSSR count). The van der Waals surface area contributed by atoms with Crippen LogP contribution in [0.5, 0.6) is 0 Å². The minimum absolute atomic E-state index is 0.0418. The summed E-state index contributed by atoms with van der Waals surface area (Å²) in [4.78, 5) is 14.9. The van der Waals surface area contributed by atoms with Gasteiger partial charge in [0.1, 0.15) is 0 Å². The standard InChI is InChI=1S/C20H17ClN2O4S/c21-14-5-7-15(8-6-14)28(25,26)22-18-13-19(23-9-11-27-12-10-23)20(24)17-4-2-1-3-16(17)18/h1-8,13H,9-12H2/b22-18+. The highest BCUT2D eigenvalue weighted by Crippen LogP contribution is 2.26. The number of halogens is 1. The number of ketones is 1. The number of morpholine rings is 1. The van der Waals surface area contributed by atoms with Gasteiger partial charge in [0.25, 0.3) is 10.0 Å². The van der Waals surface area contributed by atoms with E-state index in [9.17, 15) is 13.2 Å². The van der Waals surface area contributed by atoms with Gasteiger partial charge >= 0.3 is 0 Å². The predicted octanol–water partition coefficient (Wildman–Crippen LogP) is 2.93. The van der Waals surface area contributed by atoms with Crippen molar-refractivity contribution in [3.05, 3.63) is 76.5 Å². The number of carbonyl (C=O) groups excluding carboxylic acids is 1. The number of carbonyl (C=O) groups is 1. The molecule has 6 nitrogen and oxygen atoms in total. The Morgan fingerprint density at radius 1 is 0.964 bits per heavy atom. The van der Waals surface area contributed by atoms with E-state index in [-0.39, 0.29) is 16.4 Å². The largest absolute Gasteiger partial charge is 0.378 e. The molecule has 1 fully saturated rings. The predicted molar refractivity (Wildman–Crippen MR) is 106 cm³/mol. The van der Waals surface area contributed by atoms with Gasteiger partial charge in [0.05, 0.1) is 29.5 Å². The van der Waals surface area contributed by atoms with Gasteiger partial charge in [-0.15, -0.1) is 0 Å². The highest BCUT2D eigenvalue weighted by molar-refractivity contribution is 7.90. The first-order valence-corrected chi connectivity index (χ1v) is 10.6. The molecule has 0 saturated carbocycles. The SMILES string of the molecule is O=C1C(N2CCOCC2)=C/C(=N\S(=O)(=O)c2ccc(Cl)cc2)c2ccccc21. The molecule has 8 heteroatoms. The summed E-state index contributed by atoms with van der Waals surface area (Å²) in [6.07, 6.45) is 1.56. The Hall–Kier alpha value is -2.48. The van der Waals surface area contributed by atoms with Gasteiger partial charge in [0, 0.05) is 29.2 Å². The lowest BCUT2D eigenvalue weighted by Crippen LogP contribution is -2.39. The topological polar surface area (TPSA) is 76.0 Å². The van der Waals surface area contributed by atoms with E-state index in [1.54, 1.807) is 30.3 Å². The summed E-state index contributed by atoms with van der Waals surface area (Å²) < 4.78 is 35.0. The van der Waals surface area contributed by atoms with E-state index in [1.807, 2.05) is 4.90 Å². The third kappa shape index (κ3) is 3.61. The fourth-order valence-electron chi connectivity index (χ4n) is 3.22. The van der Waals surface area contributed by atoms with Gasteiger partial charge in [-0.2, -0.15) is 12.8 Å². The Morgan fingerprint density at radius 2 is 1.61 bits per heavy atom. The van der Waals surface area contributed by atoms with Gasteiger partial charge in [-0.3, -0.25) is 4.79 Å². The highest BCUT2D eigenvalue weighted by Gasteiger charge is 2.29. The number of allylic oxidation sites excluding steroid dienone is 2. The number of hydrogen-bond acceptors (Lipinski definition) is 5. The zero-order chi connectivity index (χ0) is 19.7. The molecule has 2 aromatic carbocycles. The van der Waals surface area contributed by atoms with Crippen LogP contribution in [-0.4, -0.2) is 51.1 Å². The summed E-state index contributed by atoms with van der Waals surface area (Å²) in [6, 6.07) is 12.7. The first-order valence-electron chi connectivity index (χ1n) is 8.75. The summed E-state index contributed by atoms with van der Waals surface area (Å²) >= 11 is 5.85. The van der Waals surface area contributed by atoms with Gasteiger partial charge in [-0.05, 0) is 30.3 Å². The van der Waals surface area contributed by atoms with Crippen LogP contribution in [0.2, 0.25) is 5.02 Å². The van der Waals surface area contributed by atoms with Crippen LogP contribution >= 0.6 is 11.6 Å². The Balaban J connectivity index is 1.82. The molecule has 0 spiro atoms. The van der Waals surface area contributed by atoms with Gasteiger partial charge in [0.15, 0.2) is 0 Å². The lowest BCUT2D eigenvalue weighted by molar-refractivity contribution is 0.0507. The summed E-state index contributed by atoms with van der Waals surface area (Å²) in [7, 11) is -3.96. The first kappa shape index (κ1) is 18.9. The minimum Gasteiger partial charge on any atom is -0.378 e. The number of hydrogen-bond donors (Lipinski definition) is 0. The molecule has 0 atom stereocenters. The molecule has 1 saturated heterocycles. The molecule has 1 aliphatic carbocycles. The van der Waals surface area contributed by atoms with Crippen LogP contribution in [0.3, 0.4) is 0 Å². The van der Waals surface area contributed by atoms with Crippen molar-refractivity contribution in [2.24, 2.45) is 4.40 Å². The van der Waals surface area contributed by atoms with Crippen LogP contribution in [0.4, 0.5) is 0 Å². The van der Waals surface area contributed by atoms with Crippen molar-refractivity contribution in [1.29, 1.82) is 0 Å². The molecule has 0 unspecified atom stereocenters. The molecule has 1 aliphatic heterocycles. The van der Waals surface area contributed by atoms with Gasteiger partial charge < -0.3 is 9.64 Å². The van der Waals surface area contributed by atoms with E-state index in [0.717, 1.165) is 0 Å². The van der Waals surface area contributed by atoms with Crippen LogP contribution in [0.25, 0.3) is 0 Å². The number of benzene rings is 2. The molecule has 144 valence electrons. The zero-order valence-electron chi connectivity index (χ0n) is 14.8. The Kier molecular flexibility index (Phi) is 5.05. The number of fused-ring (bicyclic) bond motifs is 1. The fraction of sp³-hybridized carbons (Fsp3) is 0.200. The van der Waals surface area contributed by atoms with Gasteiger partial charge in [-0.25, -0.2) is 0 Å². The second-order valence-corrected chi connectivity index (χ2v) is 8.45. The molecular formula is C20H17ClN2O4S. The molecule has 0 bridgehead atoms. The van der Waals surface area contributed by atoms with E-state index in [0.29, 0.717) is 48.1 Å². The molecule has 0 amide bonds. The second-order valence-electron chi connectivity index (χ2n) is 6.41. The van der Waals surface area contributed by atoms with E-state index >= 15 is 0 Å². The van der Waals surface area contributed by atoms with Crippen molar-refractivity contribution in [2.75, 3.05) is 26.3 Å². The van der Waals surface area contributed by atoms with Crippen molar-refractivity contribution in [1.82, 2.24) is 4.90 Å². The normalized spacial score (nSPS) is 18.8. The number of sulfonamides is 1. The van der Waals surface area contributed by atoms with Crippen molar-refractivity contribution < 1.29 is 17.9 Å².